The molecular weight excluding hydrogens is 365 g/mol. The van der Waals surface area contributed by atoms with Gasteiger partial charge < -0.3 is 11.1 Å². The molecule has 1 saturated carbocycles. The lowest BCUT2D eigenvalue weighted by Crippen LogP contribution is -2.59. The van der Waals surface area contributed by atoms with E-state index in [2.05, 4.69) is 10.3 Å². The summed E-state index contributed by atoms with van der Waals surface area (Å²) < 4.78 is 14.4. The second kappa shape index (κ2) is 7.13. The lowest BCUT2D eigenvalue weighted by molar-refractivity contribution is -0.123. The molecule has 1 radical (unpaired) electrons. The number of hydrogen-bond acceptors (Lipinski definition) is 5. The highest BCUT2D eigenvalue weighted by Gasteiger charge is 2.41. The molecule has 141 valence electrons. The molecule has 1 aliphatic carbocycles. The highest BCUT2D eigenvalue weighted by molar-refractivity contribution is 7.15. The zero-order chi connectivity index (χ0) is 19.0. The number of hydrogen-bond donors (Lipinski definition) is 2. The Kier molecular flexibility index (Phi) is 4.82. The highest BCUT2D eigenvalue weighted by Crippen LogP contribution is 2.45. The number of nitrogens with one attached hydrogen (secondary N) is 1. The van der Waals surface area contributed by atoms with Gasteiger partial charge in [-0.2, -0.15) is 0 Å². The molecule has 1 unspecified atom stereocenters. The molecule has 2 aliphatic rings. The summed E-state index contributed by atoms with van der Waals surface area (Å²) in [6.07, 6.45) is 5.64. The van der Waals surface area contributed by atoms with Crippen molar-refractivity contribution in [2.75, 3.05) is 6.54 Å². The van der Waals surface area contributed by atoms with Crippen LogP contribution in [0.2, 0.25) is 0 Å². The number of aromatic nitrogens is 1. The molecule has 2 aromatic rings. The fourth-order valence-electron chi connectivity index (χ4n) is 3.46. The van der Waals surface area contributed by atoms with Gasteiger partial charge in [0.05, 0.1) is 16.3 Å². The van der Waals surface area contributed by atoms with Gasteiger partial charge in [-0.1, -0.05) is 18.2 Å². The zero-order valence-corrected chi connectivity index (χ0v) is 15.7. The maximum atomic E-state index is 14.4. The average Bonchev–Trinajstić information content (AvgIpc) is 3.41. The fourth-order valence-corrected chi connectivity index (χ4v) is 4.73. The molecule has 1 saturated heterocycles. The number of nitrogens with two attached hydrogens (primary N) is 1. The molecule has 1 aliphatic heterocycles. The smallest absolute Gasteiger partial charge is 0.238 e. The minimum absolute atomic E-state index is 0.208. The van der Waals surface area contributed by atoms with Gasteiger partial charge in [-0.25, -0.2) is 9.37 Å². The number of piperidine rings is 1. The van der Waals surface area contributed by atoms with E-state index < -0.39 is 17.3 Å². The number of primary amides is 1. The molecular formula is C20H21FN3O2S. The summed E-state index contributed by atoms with van der Waals surface area (Å²) >= 11 is 1.37. The van der Waals surface area contributed by atoms with Crippen molar-refractivity contribution >= 4 is 23.0 Å². The predicted molar refractivity (Wildman–Crippen MR) is 102 cm³/mol. The van der Waals surface area contributed by atoms with Gasteiger partial charge in [0, 0.05) is 11.5 Å². The van der Waals surface area contributed by atoms with Crippen LogP contribution >= 0.6 is 11.3 Å². The quantitative estimate of drug-likeness (QED) is 0.747. The molecule has 0 bridgehead atoms. The molecule has 2 heterocycles. The van der Waals surface area contributed by atoms with Crippen LogP contribution < -0.4 is 11.1 Å². The molecule has 5 nitrogen and oxygen atoms in total. The normalized spacial score (nSPS) is 22.6. The van der Waals surface area contributed by atoms with Crippen molar-refractivity contribution in [2.24, 2.45) is 5.73 Å². The van der Waals surface area contributed by atoms with Crippen LogP contribution in [0.5, 0.6) is 0 Å². The first kappa shape index (κ1) is 18.3. The van der Waals surface area contributed by atoms with E-state index >= 15 is 0 Å². The maximum absolute atomic E-state index is 14.4. The predicted octanol–water partition coefficient (Wildman–Crippen LogP) is 3.21. The lowest BCUT2D eigenvalue weighted by atomic mass is 9.83. The first-order valence-corrected chi connectivity index (χ1v) is 10.0. The van der Waals surface area contributed by atoms with Gasteiger partial charge in [0.25, 0.3) is 0 Å². The Hall–Kier alpha value is -2.12. The van der Waals surface area contributed by atoms with E-state index in [0.717, 1.165) is 30.7 Å². The standard InChI is InChI=1S/C20H21FN3O2S/c21-14-6-2-1-5-13(14)17-16(24-18(27-17)12-7-8-12)15(25)11-20(19(22)26)9-3-4-10-23-20/h1-2,5-6,11-12,23H,3-4,7-10H2,(H2,22,26). The second-order valence-corrected chi connectivity index (χ2v) is 8.24. The van der Waals surface area contributed by atoms with Gasteiger partial charge in [-0.3, -0.25) is 9.59 Å². The summed E-state index contributed by atoms with van der Waals surface area (Å²) in [6.45, 7) is 0.622. The number of benzene rings is 1. The first-order valence-electron chi connectivity index (χ1n) is 9.21. The van der Waals surface area contributed by atoms with Crippen LogP contribution in [0.15, 0.2) is 24.3 Å². The molecule has 0 spiro atoms. The Morgan fingerprint density at radius 1 is 1.30 bits per heavy atom. The lowest BCUT2D eigenvalue weighted by Gasteiger charge is -2.34. The van der Waals surface area contributed by atoms with Gasteiger partial charge >= 0.3 is 0 Å². The minimum Gasteiger partial charge on any atom is -0.368 e. The number of amides is 1. The van der Waals surface area contributed by atoms with Crippen LogP contribution in [0, 0.1) is 12.2 Å². The molecule has 1 aromatic heterocycles. The Balaban J connectivity index is 1.71. The van der Waals surface area contributed by atoms with Crippen LogP contribution in [-0.4, -0.2) is 28.8 Å². The largest absolute Gasteiger partial charge is 0.368 e. The number of ketones is 1. The number of carbonyl (C=O) groups is 2. The summed E-state index contributed by atoms with van der Waals surface area (Å²) in [5.74, 6) is -0.997. The third kappa shape index (κ3) is 3.53. The summed E-state index contributed by atoms with van der Waals surface area (Å²) in [6, 6.07) is 6.38. The SMILES string of the molecule is NC(=O)C1([CH]C(=O)c2nc(C3CC3)sc2-c2ccccc2F)CCCCN1. The van der Waals surface area contributed by atoms with Gasteiger partial charge in [0.2, 0.25) is 5.91 Å². The van der Waals surface area contributed by atoms with Crippen molar-refractivity contribution in [3.8, 4) is 10.4 Å². The number of halogens is 1. The average molecular weight is 386 g/mol. The molecule has 2 fully saturated rings. The molecule has 3 N–H and O–H groups in total. The number of nitrogens with zero attached hydrogens (tertiary/aromatic N) is 1. The molecule has 1 aromatic carbocycles. The van der Waals surface area contributed by atoms with Crippen LogP contribution in [0.3, 0.4) is 0 Å². The highest BCUT2D eigenvalue weighted by atomic mass is 32.1. The van der Waals surface area contributed by atoms with Crippen molar-refractivity contribution in [1.82, 2.24) is 10.3 Å². The van der Waals surface area contributed by atoms with Crippen LogP contribution in [0.25, 0.3) is 10.4 Å². The van der Waals surface area contributed by atoms with E-state index in [1.807, 2.05) is 0 Å². The Morgan fingerprint density at radius 2 is 2.07 bits per heavy atom. The summed E-state index contributed by atoms with van der Waals surface area (Å²) in [4.78, 5) is 30.2. The van der Waals surface area contributed by atoms with Crippen molar-refractivity contribution in [1.29, 1.82) is 0 Å². The molecule has 4 rings (SSSR count). The van der Waals surface area contributed by atoms with E-state index in [0.29, 0.717) is 29.3 Å². The van der Waals surface area contributed by atoms with Gasteiger partial charge in [-0.05, 0) is 44.7 Å². The maximum Gasteiger partial charge on any atom is 0.238 e. The zero-order valence-electron chi connectivity index (χ0n) is 14.8. The molecule has 1 amide bonds. The Bertz CT molecular complexity index is 885. The van der Waals surface area contributed by atoms with Crippen LogP contribution in [0.1, 0.15) is 53.5 Å². The number of rotatable bonds is 6. The molecule has 1 atom stereocenters. The van der Waals surface area contributed by atoms with Crippen LogP contribution in [0.4, 0.5) is 4.39 Å². The molecule has 7 heteroatoms. The van der Waals surface area contributed by atoms with E-state index in [9.17, 15) is 14.0 Å². The van der Waals surface area contributed by atoms with Crippen molar-refractivity contribution in [3.05, 3.63) is 47.2 Å². The number of Topliss-reactive ketones (excluding diaryl/α,β-unsaturated/α-hetero) is 1. The summed E-state index contributed by atoms with van der Waals surface area (Å²) in [5, 5.41) is 3.95. The van der Waals surface area contributed by atoms with E-state index in [1.165, 1.54) is 23.8 Å². The van der Waals surface area contributed by atoms with E-state index in [-0.39, 0.29) is 11.5 Å². The summed E-state index contributed by atoms with van der Waals surface area (Å²) in [5.41, 5.74) is 5.01. The van der Waals surface area contributed by atoms with Crippen molar-refractivity contribution in [3.63, 3.8) is 0 Å². The molecule has 27 heavy (non-hydrogen) atoms. The first-order chi connectivity index (χ1) is 13.0. The van der Waals surface area contributed by atoms with E-state index in [1.54, 1.807) is 18.2 Å². The Morgan fingerprint density at radius 3 is 2.70 bits per heavy atom. The van der Waals surface area contributed by atoms with Gasteiger partial charge in [-0.15, -0.1) is 11.3 Å². The Labute approximate surface area is 161 Å². The number of thiazole rings is 1. The number of carbonyl (C=O) groups excluding carboxylic acids is 2. The topological polar surface area (TPSA) is 85.1 Å². The van der Waals surface area contributed by atoms with Gasteiger partial charge in [0.15, 0.2) is 5.78 Å². The fraction of sp³-hybridized carbons (Fsp3) is 0.400. The second-order valence-electron chi connectivity index (χ2n) is 7.21. The third-order valence-corrected chi connectivity index (χ3v) is 6.43. The summed E-state index contributed by atoms with van der Waals surface area (Å²) in [7, 11) is 0. The minimum atomic E-state index is -1.16. The van der Waals surface area contributed by atoms with Crippen molar-refractivity contribution < 1.29 is 14.0 Å². The van der Waals surface area contributed by atoms with Crippen molar-refractivity contribution in [2.45, 2.75) is 43.6 Å². The van der Waals surface area contributed by atoms with Crippen LogP contribution in [-0.2, 0) is 4.79 Å². The van der Waals surface area contributed by atoms with Gasteiger partial charge in [0.1, 0.15) is 17.1 Å². The van der Waals surface area contributed by atoms with E-state index in [4.69, 9.17) is 5.73 Å². The monoisotopic (exact) mass is 386 g/mol. The third-order valence-electron chi connectivity index (χ3n) is 5.18.